The van der Waals surface area contributed by atoms with Crippen molar-refractivity contribution in [2.45, 2.75) is 27.3 Å². The van der Waals surface area contributed by atoms with Gasteiger partial charge in [-0.25, -0.2) is 0 Å². The number of rotatable bonds is 5. The van der Waals surface area contributed by atoms with E-state index >= 15 is 0 Å². The van der Waals surface area contributed by atoms with Crippen LogP contribution in [0.3, 0.4) is 0 Å². The van der Waals surface area contributed by atoms with Crippen molar-refractivity contribution in [3.63, 3.8) is 0 Å². The van der Waals surface area contributed by atoms with Crippen LogP contribution in [0.1, 0.15) is 31.3 Å². The van der Waals surface area contributed by atoms with E-state index in [9.17, 15) is 4.79 Å². The highest BCUT2D eigenvalue weighted by Gasteiger charge is 2.14. The van der Waals surface area contributed by atoms with E-state index < -0.39 is 5.91 Å². The second-order valence-electron chi connectivity index (χ2n) is 5.03. The number of hydrogen-bond donors (Lipinski definition) is 1. The van der Waals surface area contributed by atoms with Crippen molar-refractivity contribution in [3.8, 4) is 5.75 Å². The Morgan fingerprint density at radius 2 is 2.16 bits per heavy atom. The highest BCUT2D eigenvalue weighted by molar-refractivity contribution is 5.99. The molecule has 4 heteroatoms. The molecule has 1 aromatic carbocycles. The van der Waals surface area contributed by atoms with Crippen LogP contribution in [0.25, 0.3) is 10.9 Å². The summed E-state index contributed by atoms with van der Waals surface area (Å²) < 4.78 is 7.72. The Bertz CT molecular complexity index is 599. The summed E-state index contributed by atoms with van der Waals surface area (Å²) in [7, 11) is 0. The number of primary amides is 1. The molecule has 0 atom stereocenters. The minimum atomic E-state index is -0.409. The molecule has 0 saturated heterocycles. The molecule has 2 aromatic rings. The molecule has 4 nitrogen and oxygen atoms in total. The summed E-state index contributed by atoms with van der Waals surface area (Å²) in [5.41, 5.74) is 6.94. The van der Waals surface area contributed by atoms with Gasteiger partial charge in [0, 0.05) is 11.9 Å². The van der Waals surface area contributed by atoms with E-state index in [1.54, 1.807) is 0 Å². The molecule has 0 unspecified atom stereocenters. The number of aryl methyl sites for hydroxylation is 1. The first-order valence-electron chi connectivity index (χ1n) is 6.59. The Labute approximate surface area is 113 Å². The molecule has 0 aliphatic heterocycles. The summed E-state index contributed by atoms with van der Waals surface area (Å²) in [4.78, 5) is 11.5. The maximum atomic E-state index is 11.5. The van der Waals surface area contributed by atoms with Crippen LogP contribution in [0.4, 0.5) is 0 Å². The Balaban J connectivity index is 2.53. The first-order chi connectivity index (χ1) is 9.04. The van der Waals surface area contributed by atoms with Gasteiger partial charge in [0.05, 0.1) is 12.1 Å². The number of hydrogen-bond acceptors (Lipinski definition) is 2. The third-order valence-electron chi connectivity index (χ3n) is 3.05. The van der Waals surface area contributed by atoms with Gasteiger partial charge in [0.2, 0.25) is 0 Å². The summed E-state index contributed by atoms with van der Waals surface area (Å²) in [5.74, 6) is 0.855. The lowest BCUT2D eigenvalue weighted by molar-refractivity contribution is 0.0992. The third-order valence-corrected chi connectivity index (χ3v) is 3.05. The molecule has 0 aliphatic carbocycles. The van der Waals surface area contributed by atoms with Crippen molar-refractivity contribution >= 4 is 16.8 Å². The van der Waals surface area contributed by atoms with Crippen molar-refractivity contribution in [3.05, 3.63) is 30.0 Å². The predicted octanol–water partition coefficient (Wildman–Crippen LogP) is 2.79. The molecule has 102 valence electrons. The van der Waals surface area contributed by atoms with Crippen LogP contribution in [0.15, 0.2) is 24.3 Å². The van der Waals surface area contributed by atoms with Crippen LogP contribution in [-0.2, 0) is 6.54 Å². The zero-order valence-corrected chi connectivity index (χ0v) is 11.6. The Hall–Kier alpha value is -1.97. The van der Waals surface area contributed by atoms with Crippen molar-refractivity contribution in [2.24, 2.45) is 11.7 Å². The number of nitrogens with zero attached hydrogens (tertiary/aromatic N) is 1. The number of benzene rings is 1. The fraction of sp³-hybridized carbons (Fsp3) is 0.400. The van der Waals surface area contributed by atoms with Crippen molar-refractivity contribution < 1.29 is 9.53 Å². The number of nitrogens with two attached hydrogens (primary N) is 1. The maximum absolute atomic E-state index is 11.5. The van der Waals surface area contributed by atoms with E-state index in [4.69, 9.17) is 10.5 Å². The van der Waals surface area contributed by atoms with Crippen molar-refractivity contribution in [2.75, 3.05) is 6.61 Å². The molecule has 0 bridgehead atoms. The Morgan fingerprint density at radius 3 is 2.74 bits per heavy atom. The van der Waals surface area contributed by atoms with Crippen LogP contribution in [0.2, 0.25) is 0 Å². The van der Waals surface area contributed by atoms with Gasteiger partial charge in [-0.05, 0) is 31.0 Å². The zero-order chi connectivity index (χ0) is 14.0. The largest absolute Gasteiger partial charge is 0.493 e. The minimum Gasteiger partial charge on any atom is -0.493 e. The van der Waals surface area contributed by atoms with Gasteiger partial charge >= 0.3 is 0 Å². The van der Waals surface area contributed by atoms with E-state index in [2.05, 4.69) is 13.8 Å². The van der Waals surface area contributed by atoms with Crippen LogP contribution in [0.5, 0.6) is 5.75 Å². The summed E-state index contributed by atoms with van der Waals surface area (Å²) in [6.45, 7) is 7.56. The zero-order valence-electron chi connectivity index (χ0n) is 11.6. The first kappa shape index (κ1) is 13.5. The van der Waals surface area contributed by atoms with Gasteiger partial charge in [0.15, 0.2) is 0 Å². The Morgan fingerprint density at radius 1 is 1.42 bits per heavy atom. The topological polar surface area (TPSA) is 57.2 Å². The summed E-state index contributed by atoms with van der Waals surface area (Å²) in [6, 6.07) is 7.66. The molecule has 0 fully saturated rings. The molecule has 0 spiro atoms. The number of fused-ring (bicyclic) bond motifs is 1. The molecular formula is C15H20N2O2. The average Bonchev–Trinajstić information content (AvgIpc) is 2.75. The molecule has 0 radical (unpaired) electrons. The van der Waals surface area contributed by atoms with E-state index in [-0.39, 0.29) is 0 Å². The molecule has 2 rings (SSSR count). The highest BCUT2D eigenvalue weighted by Crippen LogP contribution is 2.29. The number of aromatic nitrogens is 1. The molecule has 1 aromatic heterocycles. The second kappa shape index (κ2) is 5.34. The van der Waals surface area contributed by atoms with E-state index in [1.165, 1.54) is 0 Å². The minimum absolute atomic E-state index is 0.409. The molecule has 0 aliphatic rings. The lowest BCUT2D eigenvalue weighted by Gasteiger charge is -2.10. The summed E-state index contributed by atoms with van der Waals surface area (Å²) in [6.07, 6.45) is 0. The highest BCUT2D eigenvalue weighted by atomic mass is 16.5. The van der Waals surface area contributed by atoms with E-state index in [0.29, 0.717) is 24.8 Å². The smallest absolute Gasteiger partial charge is 0.265 e. The molecular weight excluding hydrogens is 240 g/mol. The van der Waals surface area contributed by atoms with Gasteiger partial charge in [0.25, 0.3) is 5.91 Å². The van der Waals surface area contributed by atoms with Gasteiger partial charge in [-0.1, -0.05) is 19.9 Å². The van der Waals surface area contributed by atoms with Gasteiger partial charge < -0.3 is 15.0 Å². The number of amides is 1. The van der Waals surface area contributed by atoms with Gasteiger partial charge in [-0.2, -0.15) is 0 Å². The van der Waals surface area contributed by atoms with Gasteiger partial charge in [0.1, 0.15) is 11.4 Å². The monoisotopic (exact) mass is 260 g/mol. The number of carbonyl (C=O) groups is 1. The van der Waals surface area contributed by atoms with Crippen LogP contribution in [-0.4, -0.2) is 17.1 Å². The fourth-order valence-electron chi connectivity index (χ4n) is 2.18. The first-order valence-corrected chi connectivity index (χ1v) is 6.59. The second-order valence-corrected chi connectivity index (χ2v) is 5.03. The quantitative estimate of drug-likeness (QED) is 0.898. The fourth-order valence-corrected chi connectivity index (χ4v) is 2.18. The predicted molar refractivity (Wildman–Crippen MR) is 76.5 cm³/mol. The summed E-state index contributed by atoms with van der Waals surface area (Å²) in [5, 5.41) is 0.943. The molecule has 2 N–H and O–H groups in total. The maximum Gasteiger partial charge on any atom is 0.265 e. The molecule has 19 heavy (non-hydrogen) atoms. The normalized spacial score (nSPS) is 11.2. The van der Waals surface area contributed by atoms with Crippen LogP contribution >= 0.6 is 0 Å². The number of ether oxygens (including phenoxy) is 1. The van der Waals surface area contributed by atoms with Gasteiger partial charge in [-0.3, -0.25) is 4.79 Å². The number of carbonyl (C=O) groups excluding carboxylic acids is 1. The lowest BCUT2D eigenvalue weighted by Crippen LogP contribution is -2.16. The average molecular weight is 260 g/mol. The summed E-state index contributed by atoms with van der Waals surface area (Å²) >= 11 is 0. The van der Waals surface area contributed by atoms with Crippen LogP contribution in [0, 0.1) is 5.92 Å². The van der Waals surface area contributed by atoms with E-state index in [1.807, 2.05) is 35.8 Å². The molecule has 1 heterocycles. The standard InChI is InChI=1S/C15H20N2O2/c1-4-17-12-6-5-7-14(19-9-10(2)3)11(12)8-13(17)15(16)18/h5-8,10H,4,9H2,1-3H3,(H2,16,18). The Kier molecular flexibility index (Phi) is 3.79. The van der Waals surface area contributed by atoms with Crippen LogP contribution < -0.4 is 10.5 Å². The van der Waals surface area contributed by atoms with Gasteiger partial charge in [-0.15, -0.1) is 0 Å². The SMILES string of the molecule is CCn1c(C(N)=O)cc2c(OCC(C)C)cccc21. The van der Waals surface area contributed by atoms with Crippen molar-refractivity contribution in [1.29, 1.82) is 0 Å². The lowest BCUT2D eigenvalue weighted by atomic mass is 10.2. The van der Waals surface area contributed by atoms with E-state index in [0.717, 1.165) is 16.7 Å². The van der Waals surface area contributed by atoms with Crippen molar-refractivity contribution in [1.82, 2.24) is 4.57 Å². The third kappa shape index (κ3) is 2.57. The molecule has 1 amide bonds. The molecule has 0 saturated carbocycles.